The minimum atomic E-state index is -0.217. The summed E-state index contributed by atoms with van der Waals surface area (Å²) in [6.45, 7) is 0. The molecule has 1 saturated carbocycles. The molecule has 3 N–H and O–H groups in total. The Morgan fingerprint density at radius 3 is 2.33 bits per heavy atom. The molecule has 6 heteroatoms. The Kier molecular flexibility index (Phi) is 5.14. The summed E-state index contributed by atoms with van der Waals surface area (Å²) >= 11 is 0. The van der Waals surface area contributed by atoms with Gasteiger partial charge in [-0.1, -0.05) is 12.1 Å². The summed E-state index contributed by atoms with van der Waals surface area (Å²) in [5.74, 6) is 0. The van der Waals surface area contributed by atoms with Crippen LogP contribution in [0, 0.1) is 22.7 Å². The van der Waals surface area contributed by atoms with Gasteiger partial charge in [-0.2, -0.15) is 15.6 Å². The topological polar surface area (TPSA) is 104 Å². The van der Waals surface area contributed by atoms with Gasteiger partial charge in [0.15, 0.2) is 0 Å². The molecule has 1 fully saturated rings. The number of nitriles is 2. The third-order valence-corrected chi connectivity index (χ3v) is 3.48. The van der Waals surface area contributed by atoms with Crippen molar-refractivity contribution in [3.63, 3.8) is 0 Å². The van der Waals surface area contributed by atoms with E-state index in [1.54, 1.807) is 12.1 Å². The van der Waals surface area contributed by atoms with E-state index in [-0.39, 0.29) is 11.8 Å². The van der Waals surface area contributed by atoms with Crippen LogP contribution in [0.4, 0.5) is 11.4 Å². The normalized spacial score (nSPS) is 20.7. The molecule has 6 nitrogen and oxygen atoms in total. The van der Waals surface area contributed by atoms with Gasteiger partial charge in [-0.3, -0.25) is 5.43 Å². The van der Waals surface area contributed by atoms with Crippen molar-refractivity contribution in [2.75, 3.05) is 10.7 Å². The average molecular weight is 283 g/mol. The number of hydrazone groups is 1. The molecule has 0 aromatic heterocycles. The molecule has 2 rings (SSSR count). The van der Waals surface area contributed by atoms with E-state index >= 15 is 0 Å². The van der Waals surface area contributed by atoms with Crippen LogP contribution in [-0.2, 0) is 0 Å². The molecule has 0 spiro atoms. The molecule has 1 aliphatic carbocycles. The number of hydrogen-bond donors (Lipinski definition) is 3. The number of rotatable bonds is 4. The van der Waals surface area contributed by atoms with Crippen LogP contribution in [0.3, 0.4) is 0 Å². The number of anilines is 2. The Labute approximate surface area is 123 Å². The lowest BCUT2D eigenvalue weighted by Crippen LogP contribution is -2.28. The van der Waals surface area contributed by atoms with Gasteiger partial charge in [0.2, 0.25) is 5.71 Å². The van der Waals surface area contributed by atoms with Crippen molar-refractivity contribution in [3.05, 3.63) is 24.3 Å². The molecule has 0 aliphatic heterocycles. The molecule has 0 radical (unpaired) electrons. The van der Waals surface area contributed by atoms with Gasteiger partial charge in [0, 0.05) is 6.04 Å². The maximum absolute atomic E-state index is 9.53. The molecule has 0 amide bonds. The van der Waals surface area contributed by atoms with E-state index in [0.717, 1.165) is 31.4 Å². The maximum Gasteiger partial charge on any atom is 0.237 e. The van der Waals surface area contributed by atoms with Gasteiger partial charge in [-0.15, -0.1) is 0 Å². The Morgan fingerprint density at radius 2 is 1.71 bits per heavy atom. The first-order valence-electron chi connectivity index (χ1n) is 6.90. The second-order valence-electron chi connectivity index (χ2n) is 4.99. The Bertz CT molecular complexity index is 575. The first-order chi connectivity index (χ1) is 10.2. The zero-order chi connectivity index (χ0) is 15.1. The summed E-state index contributed by atoms with van der Waals surface area (Å²) in [5.41, 5.74) is 4.12. The van der Waals surface area contributed by atoms with Crippen molar-refractivity contribution in [2.45, 2.75) is 37.8 Å². The Balaban J connectivity index is 2.05. The molecule has 0 saturated heterocycles. The highest BCUT2D eigenvalue weighted by Crippen LogP contribution is 2.26. The number of aliphatic hydroxyl groups excluding tert-OH is 1. The highest BCUT2D eigenvalue weighted by molar-refractivity contribution is 6.10. The molecule has 108 valence electrons. The quantitative estimate of drug-likeness (QED) is 0.580. The van der Waals surface area contributed by atoms with E-state index in [0.29, 0.717) is 11.7 Å². The third kappa shape index (κ3) is 4.20. The lowest BCUT2D eigenvalue weighted by atomic mass is 9.93. The second-order valence-corrected chi connectivity index (χ2v) is 4.99. The van der Waals surface area contributed by atoms with Gasteiger partial charge in [0.25, 0.3) is 0 Å². The summed E-state index contributed by atoms with van der Waals surface area (Å²) in [7, 11) is 0. The van der Waals surface area contributed by atoms with Crippen molar-refractivity contribution in [3.8, 4) is 12.1 Å². The van der Waals surface area contributed by atoms with Crippen LogP contribution in [0.25, 0.3) is 0 Å². The molecular weight excluding hydrogens is 266 g/mol. The van der Waals surface area contributed by atoms with Crippen molar-refractivity contribution < 1.29 is 5.11 Å². The number of nitrogens with one attached hydrogen (secondary N) is 2. The molecule has 0 bridgehead atoms. The number of benzene rings is 1. The van der Waals surface area contributed by atoms with E-state index in [4.69, 9.17) is 10.5 Å². The smallest absolute Gasteiger partial charge is 0.237 e. The van der Waals surface area contributed by atoms with Gasteiger partial charge in [0.1, 0.15) is 12.1 Å². The number of hydrogen-bond acceptors (Lipinski definition) is 6. The third-order valence-electron chi connectivity index (χ3n) is 3.48. The summed E-state index contributed by atoms with van der Waals surface area (Å²) in [6.07, 6.45) is 3.26. The zero-order valence-electron chi connectivity index (χ0n) is 11.6. The van der Waals surface area contributed by atoms with E-state index in [9.17, 15) is 5.11 Å². The largest absolute Gasteiger partial charge is 0.393 e. The minimum absolute atomic E-state index is 0.185. The predicted octanol–water partition coefficient (Wildman–Crippen LogP) is 2.22. The van der Waals surface area contributed by atoms with E-state index in [1.807, 2.05) is 24.3 Å². The van der Waals surface area contributed by atoms with Crippen LogP contribution < -0.4 is 10.7 Å². The van der Waals surface area contributed by atoms with Gasteiger partial charge in [-0.25, -0.2) is 0 Å². The summed E-state index contributed by atoms with van der Waals surface area (Å²) < 4.78 is 0. The first kappa shape index (κ1) is 14.8. The van der Waals surface area contributed by atoms with Crippen LogP contribution in [0.5, 0.6) is 0 Å². The van der Waals surface area contributed by atoms with Gasteiger partial charge in [0.05, 0.1) is 17.5 Å². The highest BCUT2D eigenvalue weighted by atomic mass is 16.3. The van der Waals surface area contributed by atoms with Gasteiger partial charge in [-0.05, 0) is 37.8 Å². The van der Waals surface area contributed by atoms with Gasteiger partial charge < -0.3 is 10.4 Å². The molecule has 0 atom stereocenters. The minimum Gasteiger partial charge on any atom is -0.393 e. The SMILES string of the molecule is N#CC(C#N)=NNc1ccccc1NC1CCC(O)CC1. The van der Waals surface area contributed by atoms with E-state index < -0.39 is 0 Å². The zero-order valence-corrected chi connectivity index (χ0v) is 11.6. The van der Waals surface area contributed by atoms with Crippen LogP contribution in [-0.4, -0.2) is 23.0 Å². The number of para-hydroxylation sites is 2. The molecule has 1 aromatic rings. The molecule has 0 unspecified atom stereocenters. The molecule has 1 aliphatic rings. The fourth-order valence-corrected chi connectivity index (χ4v) is 2.34. The lowest BCUT2D eigenvalue weighted by Gasteiger charge is -2.27. The fraction of sp³-hybridized carbons (Fsp3) is 0.400. The number of nitrogens with zero attached hydrogens (tertiary/aromatic N) is 3. The van der Waals surface area contributed by atoms with Crippen LogP contribution in [0.15, 0.2) is 29.4 Å². The van der Waals surface area contributed by atoms with Crippen molar-refractivity contribution >= 4 is 17.1 Å². The summed E-state index contributed by atoms with van der Waals surface area (Å²) in [4.78, 5) is 0. The van der Waals surface area contributed by atoms with Gasteiger partial charge >= 0.3 is 0 Å². The van der Waals surface area contributed by atoms with Crippen LogP contribution >= 0.6 is 0 Å². The maximum atomic E-state index is 9.53. The molecule has 0 heterocycles. The van der Waals surface area contributed by atoms with Crippen molar-refractivity contribution in [1.29, 1.82) is 10.5 Å². The monoisotopic (exact) mass is 283 g/mol. The standard InChI is InChI=1S/C15H17N5O/c16-9-12(10-17)19-20-15-4-2-1-3-14(15)18-11-5-7-13(21)8-6-11/h1-4,11,13,18,20-21H,5-8H2. The second kappa shape index (κ2) is 7.28. The van der Waals surface area contributed by atoms with E-state index in [1.165, 1.54) is 0 Å². The summed E-state index contributed by atoms with van der Waals surface area (Å²) in [5, 5.41) is 34.1. The van der Waals surface area contributed by atoms with Crippen molar-refractivity contribution in [1.82, 2.24) is 0 Å². The fourth-order valence-electron chi connectivity index (χ4n) is 2.34. The van der Waals surface area contributed by atoms with Crippen LogP contribution in [0.1, 0.15) is 25.7 Å². The highest BCUT2D eigenvalue weighted by Gasteiger charge is 2.19. The van der Waals surface area contributed by atoms with E-state index in [2.05, 4.69) is 15.8 Å². The number of aliphatic hydroxyl groups is 1. The predicted molar refractivity (Wildman–Crippen MR) is 80.6 cm³/mol. The van der Waals surface area contributed by atoms with Crippen molar-refractivity contribution in [2.24, 2.45) is 5.10 Å². The lowest BCUT2D eigenvalue weighted by molar-refractivity contribution is 0.126. The molecule has 1 aromatic carbocycles. The summed E-state index contributed by atoms with van der Waals surface area (Å²) in [6, 6.07) is 11.2. The Hall–Kier alpha value is -2.57. The van der Waals surface area contributed by atoms with Crippen LogP contribution in [0.2, 0.25) is 0 Å². The molecular formula is C15H17N5O. The molecule has 21 heavy (non-hydrogen) atoms. The Morgan fingerprint density at radius 1 is 1.10 bits per heavy atom. The first-order valence-corrected chi connectivity index (χ1v) is 6.90. The average Bonchev–Trinajstić information content (AvgIpc) is 2.52.